The predicted octanol–water partition coefficient (Wildman–Crippen LogP) is 2.07. The molecule has 1 N–H and O–H groups in total. The van der Waals surface area contributed by atoms with Crippen molar-refractivity contribution in [1.82, 2.24) is 4.90 Å². The second-order valence-electron chi connectivity index (χ2n) is 3.96. The lowest BCUT2D eigenvalue weighted by atomic mass is 10.1. The fourth-order valence-corrected chi connectivity index (χ4v) is 2.25. The van der Waals surface area contributed by atoms with E-state index in [1.165, 1.54) is 18.2 Å². The third kappa shape index (κ3) is 2.36. The van der Waals surface area contributed by atoms with Crippen molar-refractivity contribution in [1.29, 1.82) is 0 Å². The number of non-ortho nitro benzene ring substituents is 1. The number of phenols is 1. The molecule has 1 saturated heterocycles. The van der Waals surface area contributed by atoms with Crippen LogP contribution in [0.5, 0.6) is 5.75 Å². The summed E-state index contributed by atoms with van der Waals surface area (Å²) in [5.41, 5.74) is 0.315. The van der Waals surface area contributed by atoms with Crippen molar-refractivity contribution in [2.45, 2.75) is 12.8 Å². The fourth-order valence-electron chi connectivity index (χ4n) is 1.90. The van der Waals surface area contributed by atoms with Crippen molar-refractivity contribution in [2.75, 3.05) is 13.1 Å². The molecule has 0 aromatic heterocycles. The van der Waals surface area contributed by atoms with Gasteiger partial charge in [0.1, 0.15) is 10.7 Å². The number of hydrogen-bond donors (Lipinski definition) is 1. The molecule has 2 rings (SSSR count). The molecule has 0 radical (unpaired) electrons. The minimum atomic E-state index is -0.491. The van der Waals surface area contributed by atoms with Crippen LogP contribution < -0.4 is 0 Å². The lowest BCUT2D eigenvalue weighted by Gasteiger charge is -2.19. The van der Waals surface area contributed by atoms with E-state index in [2.05, 4.69) is 0 Å². The van der Waals surface area contributed by atoms with Crippen molar-refractivity contribution >= 4 is 22.9 Å². The van der Waals surface area contributed by atoms with Gasteiger partial charge in [-0.15, -0.1) is 0 Å². The number of hydrogen-bond acceptors (Lipinski definition) is 4. The lowest BCUT2D eigenvalue weighted by Crippen LogP contribution is -2.26. The highest BCUT2D eigenvalue weighted by Gasteiger charge is 2.20. The van der Waals surface area contributed by atoms with E-state index in [1.54, 1.807) is 0 Å². The number of nitrogens with zero attached hydrogens (tertiary/aromatic N) is 2. The van der Waals surface area contributed by atoms with E-state index in [9.17, 15) is 15.2 Å². The SMILES string of the molecule is O=[N+]([O-])c1ccc(O)c(C(=S)N2CCCC2)c1. The molecule has 1 aromatic carbocycles. The van der Waals surface area contributed by atoms with Crippen LogP contribution in [0.2, 0.25) is 0 Å². The Balaban J connectivity index is 2.32. The quantitative estimate of drug-likeness (QED) is 0.496. The largest absolute Gasteiger partial charge is 0.507 e. The van der Waals surface area contributed by atoms with Crippen LogP contribution in [0.3, 0.4) is 0 Å². The summed E-state index contributed by atoms with van der Waals surface area (Å²) >= 11 is 5.26. The summed E-state index contributed by atoms with van der Waals surface area (Å²) in [5, 5.41) is 20.4. The van der Waals surface area contributed by atoms with Crippen LogP contribution in [0, 0.1) is 10.1 Å². The van der Waals surface area contributed by atoms with Gasteiger partial charge in [-0.3, -0.25) is 10.1 Å². The highest BCUT2D eigenvalue weighted by molar-refractivity contribution is 7.80. The Morgan fingerprint density at radius 1 is 1.41 bits per heavy atom. The first-order chi connectivity index (χ1) is 8.09. The number of nitro groups is 1. The molecular weight excluding hydrogens is 240 g/mol. The average Bonchev–Trinajstić information content (AvgIpc) is 2.81. The Kier molecular flexibility index (Phi) is 3.23. The summed E-state index contributed by atoms with van der Waals surface area (Å²) in [6.07, 6.45) is 2.13. The average molecular weight is 252 g/mol. The van der Waals surface area contributed by atoms with Crippen LogP contribution in [-0.4, -0.2) is 33.0 Å². The molecule has 0 unspecified atom stereocenters. The molecule has 0 aliphatic carbocycles. The van der Waals surface area contributed by atoms with E-state index < -0.39 is 4.92 Å². The summed E-state index contributed by atoms with van der Waals surface area (Å²) in [6.45, 7) is 1.70. The van der Waals surface area contributed by atoms with Gasteiger partial charge < -0.3 is 10.0 Å². The van der Waals surface area contributed by atoms with Crippen LogP contribution in [0.4, 0.5) is 5.69 Å². The van der Waals surface area contributed by atoms with E-state index in [0.29, 0.717) is 10.6 Å². The van der Waals surface area contributed by atoms with Gasteiger partial charge in [-0.1, -0.05) is 12.2 Å². The fraction of sp³-hybridized carbons (Fsp3) is 0.364. The highest BCUT2D eigenvalue weighted by atomic mass is 32.1. The molecule has 0 atom stereocenters. The second kappa shape index (κ2) is 4.67. The van der Waals surface area contributed by atoms with Crippen molar-refractivity contribution in [2.24, 2.45) is 0 Å². The Morgan fingerprint density at radius 2 is 2.06 bits per heavy atom. The van der Waals surface area contributed by atoms with Crippen LogP contribution in [0.15, 0.2) is 18.2 Å². The Morgan fingerprint density at radius 3 is 2.65 bits per heavy atom. The molecule has 1 aromatic rings. The lowest BCUT2D eigenvalue weighted by molar-refractivity contribution is -0.384. The minimum absolute atomic E-state index is 0.00694. The number of benzene rings is 1. The summed E-state index contributed by atoms with van der Waals surface area (Å²) in [4.78, 5) is 12.6. The highest BCUT2D eigenvalue weighted by Crippen LogP contribution is 2.26. The van der Waals surface area contributed by atoms with Crippen LogP contribution in [0.1, 0.15) is 18.4 Å². The molecule has 0 amide bonds. The second-order valence-corrected chi connectivity index (χ2v) is 4.34. The molecule has 17 heavy (non-hydrogen) atoms. The number of likely N-dealkylation sites (tertiary alicyclic amines) is 1. The zero-order valence-corrected chi connectivity index (χ0v) is 9.94. The summed E-state index contributed by atoms with van der Waals surface area (Å²) in [7, 11) is 0. The van der Waals surface area contributed by atoms with Crippen molar-refractivity contribution in [3.05, 3.63) is 33.9 Å². The first-order valence-electron chi connectivity index (χ1n) is 5.36. The first kappa shape index (κ1) is 11.8. The molecule has 90 valence electrons. The Labute approximate surface area is 104 Å². The Hall–Kier alpha value is -1.69. The summed E-state index contributed by atoms with van der Waals surface area (Å²) in [5.74, 6) is -0.00694. The molecule has 6 heteroatoms. The molecule has 5 nitrogen and oxygen atoms in total. The topological polar surface area (TPSA) is 66.6 Å². The summed E-state index contributed by atoms with van der Waals surface area (Å²) < 4.78 is 0. The zero-order chi connectivity index (χ0) is 12.4. The summed E-state index contributed by atoms with van der Waals surface area (Å²) in [6, 6.07) is 3.91. The molecule has 1 aliphatic heterocycles. The van der Waals surface area contributed by atoms with Crippen LogP contribution in [-0.2, 0) is 0 Å². The first-order valence-corrected chi connectivity index (χ1v) is 5.77. The normalized spacial score (nSPS) is 14.9. The van der Waals surface area contributed by atoms with E-state index in [-0.39, 0.29) is 11.4 Å². The van der Waals surface area contributed by atoms with Gasteiger partial charge in [0.15, 0.2) is 0 Å². The van der Waals surface area contributed by atoms with Gasteiger partial charge in [-0.05, 0) is 18.9 Å². The minimum Gasteiger partial charge on any atom is -0.507 e. The maximum Gasteiger partial charge on any atom is 0.270 e. The number of rotatable bonds is 2. The van der Waals surface area contributed by atoms with Crippen LogP contribution in [0.25, 0.3) is 0 Å². The van der Waals surface area contributed by atoms with E-state index in [0.717, 1.165) is 25.9 Å². The molecule has 1 heterocycles. The zero-order valence-electron chi connectivity index (χ0n) is 9.13. The van der Waals surface area contributed by atoms with Gasteiger partial charge in [-0.2, -0.15) is 0 Å². The van der Waals surface area contributed by atoms with E-state index in [1.807, 2.05) is 4.90 Å². The monoisotopic (exact) mass is 252 g/mol. The van der Waals surface area contributed by atoms with Gasteiger partial charge in [0, 0.05) is 25.2 Å². The maximum absolute atomic E-state index is 10.7. The van der Waals surface area contributed by atoms with Gasteiger partial charge in [0.2, 0.25) is 0 Å². The predicted molar refractivity (Wildman–Crippen MR) is 67.3 cm³/mol. The Bertz CT molecular complexity index is 470. The maximum atomic E-state index is 10.7. The van der Waals surface area contributed by atoms with Crippen molar-refractivity contribution in [3.8, 4) is 5.75 Å². The molecule has 0 spiro atoms. The van der Waals surface area contributed by atoms with E-state index >= 15 is 0 Å². The molecule has 0 bridgehead atoms. The molecule has 1 aliphatic rings. The van der Waals surface area contributed by atoms with Gasteiger partial charge in [0.05, 0.1) is 10.5 Å². The van der Waals surface area contributed by atoms with Gasteiger partial charge in [-0.25, -0.2) is 0 Å². The van der Waals surface area contributed by atoms with Gasteiger partial charge >= 0.3 is 0 Å². The third-order valence-electron chi connectivity index (χ3n) is 2.81. The van der Waals surface area contributed by atoms with Gasteiger partial charge in [0.25, 0.3) is 5.69 Å². The molecule has 1 fully saturated rings. The standard InChI is InChI=1S/C11H12N2O3S/c14-10-4-3-8(13(15)16)7-9(10)11(17)12-5-1-2-6-12/h3-4,7,14H,1-2,5-6H2. The van der Waals surface area contributed by atoms with E-state index in [4.69, 9.17) is 12.2 Å². The van der Waals surface area contributed by atoms with Crippen molar-refractivity contribution < 1.29 is 10.0 Å². The number of thiocarbonyl (C=S) groups is 1. The third-order valence-corrected chi connectivity index (χ3v) is 3.29. The number of phenolic OH excluding ortho intramolecular Hbond substituents is 1. The number of aromatic hydroxyl groups is 1. The molecule has 0 saturated carbocycles. The van der Waals surface area contributed by atoms with Crippen molar-refractivity contribution in [3.63, 3.8) is 0 Å². The molecular formula is C11H12N2O3S. The number of nitro benzene ring substituents is 1. The smallest absolute Gasteiger partial charge is 0.270 e. The van der Waals surface area contributed by atoms with Crippen LogP contribution >= 0.6 is 12.2 Å².